The predicted octanol–water partition coefficient (Wildman–Crippen LogP) is -12.9. The topological polar surface area (TPSA) is 566 Å². The van der Waals surface area contributed by atoms with Crippen molar-refractivity contribution in [3.63, 3.8) is 0 Å². The van der Waals surface area contributed by atoms with Crippen LogP contribution < -0.4 is 5.73 Å². The Kier molecular flexibility index (Phi) is 21.9. The molecule has 0 bridgehead atoms. The number of nitrogens with two attached hydrogens (primary N) is 1. The van der Waals surface area contributed by atoms with Crippen molar-refractivity contribution in [3.05, 3.63) is 0 Å². The highest BCUT2D eigenvalue weighted by atomic mass is 31.2. The fourth-order valence-electron chi connectivity index (χ4n) is 8.41. The van der Waals surface area contributed by atoms with E-state index >= 15 is 0 Å². The lowest BCUT2D eigenvalue weighted by atomic mass is 9.91. The first-order valence-electron chi connectivity index (χ1n) is 22.2. The molecule has 35 heteroatoms. The van der Waals surface area contributed by atoms with Crippen molar-refractivity contribution in [3.8, 4) is 0 Å². The van der Waals surface area contributed by atoms with E-state index in [2.05, 4.69) is 4.52 Å². The summed E-state index contributed by atoms with van der Waals surface area (Å²) in [4.78, 5) is 22.0. The SMILES string of the molecule is C[C@H]1O[C@H](O[C@@H]2[C@@H](O[C@@H]3[C@H](O[C@@H]4[C@H](O)[C@@H](O[C@H]5[C@@H]([C@H](O)CO)O[C@@](O)(C(=O)O)C[C@H]5O)O[C@H]([C@@H](O)COP(=O)(O)OCCN)[C@H]4O)O[C@H]([C@@H](O)CO)[C@@H](O)[C@@H]3O)O[C@H]([C@H](O)CO)[C@@H](O)[C@@H]2O)[C@H](O)[C@@H](O)[C@H]1O. The van der Waals surface area contributed by atoms with Gasteiger partial charge in [0.1, 0.15) is 128 Å². The highest BCUT2D eigenvalue weighted by molar-refractivity contribution is 7.47. The molecule has 0 saturated carbocycles. The molecular formula is C37H66NO33P. The molecule has 5 rings (SSSR count). The van der Waals surface area contributed by atoms with Gasteiger partial charge in [-0.3, -0.25) is 9.05 Å². The van der Waals surface area contributed by atoms with Gasteiger partial charge in [0.2, 0.25) is 0 Å². The van der Waals surface area contributed by atoms with Gasteiger partial charge in [0.25, 0.3) is 5.79 Å². The van der Waals surface area contributed by atoms with Gasteiger partial charge >= 0.3 is 13.8 Å². The highest BCUT2D eigenvalue weighted by Gasteiger charge is 2.60. The van der Waals surface area contributed by atoms with Crippen molar-refractivity contribution < 1.29 is 163 Å². The third-order valence-corrected chi connectivity index (χ3v) is 13.4. The number of carboxylic acid groups (broad SMARTS) is 1. The van der Waals surface area contributed by atoms with Crippen LogP contribution in [0.1, 0.15) is 13.3 Å². The van der Waals surface area contributed by atoms with Gasteiger partial charge in [0, 0.05) is 13.0 Å². The molecule has 0 aromatic heterocycles. The van der Waals surface area contributed by atoms with E-state index < -0.39 is 225 Å². The molecular weight excluding hydrogens is 1020 g/mol. The Balaban J connectivity index is 1.55. The molecule has 5 heterocycles. The summed E-state index contributed by atoms with van der Waals surface area (Å²) in [6.07, 6.45) is -60.2. The minimum absolute atomic E-state index is 0.278. The first kappa shape index (κ1) is 61.3. The Hall–Kier alpha value is -1.54. The minimum atomic E-state index is -5.02. The lowest BCUT2D eigenvalue weighted by Gasteiger charge is -2.51. The summed E-state index contributed by atoms with van der Waals surface area (Å²) >= 11 is 0. The predicted molar refractivity (Wildman–Crippen MR) is 218 cm³/mol. The highest BCUT2D eigenvalue weighted by Crippen LogP contribution is 2.44. The van der Waals surface area contributed by atoms with Crippen molar-refractivity contribution in [2.45, 2.75) is 185 Å². The zero-order chi connectivity index (χ0) is 53.9. The Bertz CT molecular complexity index is 1750. The minimum Gasteiger partial charge on any atom is -0.477 e. The second-order valence-corrected chi connectivity index (χ2v) is 19.0. The second-order valence-electron chi connectivity index (χ2n) is 17.6. The van der Waals surface area contributed by atoms with Gasteiger partial charge in [-0.2, -0.15) is 0 Å². The molecule has 5 fully saturated rings. The molecule has 34 nitrogen and oxygen atoms in total. The summed E-state index contributed by atoms with van der Waals surface area (Å²) in [6.45, 7) is -4.41. The number of carboxylic acids is 1. The van der Waals surface area contributed by atoms with Crippen molar-refractivity contribution in [2.75, 3.05) is 39.6 Å². The van der Waals surface area contributed by atoms with E-state index in [0.29, 0.717) is 0 Å². The molecule has 22 N–H and O–H groups in total. The van der Waals surface area contributed by atoms with Gasteiger partial charge in [-0.1, -0.05) is 0 Å². The summed E-state index contributed by atoms with van der Waals surface area (Å²) in [6, 6.07) is 0. The number of aliphatic hydroxyl groups excluding tert-OH is 17. The number of ether oxygens (including phenoxy) is 9. The van der Waals surface area contributed by atoms with Crippen LogP contribution in [0.2, 0.25) is 0 Å². The van der Waals surface area contributed by atoms with Crippen LogP contribution in [0.5, 0.6) is 0 Å². The van der Waals surface area contributed by atoms with Crippen LogP contribution in [-0.2, 0) is 61.0 Å². The molecule has 0 spiro atoms. The average molecular weight is 1080 g/mol. The third kappa shape index (κ3) is 13.6. The van der Waals surface area contributed by atoms with E-state index in [4.69, 9.17) is 52.9 Å². The fourth-order valence-corrected chi connectivity index (χ4v) is 9.16. The molecule has 5 aliphatic heterocycles. The molecule has 0 aromatic rings. The summed E-state index contributed by atoms with van der Waals surface area (Å²) < 4.78 is 72.7. The number of carbonyl (C=O) groups is 1. The average Bonchev–Trinajstić information content (AvgIpc) is 3.34. The van der Waals surface area contributed by atoms with E-state index in [-0.39, 0.29) is 6.54 Å². The number of aliphatic carboxylic acids is 1. The van der Waals surface area contributed by atoms with Crippen molar-refractivity contribution in [1.82, 2.24) is 0 Å². The van der Waals surface area contributed by atoms with Crippen LogP contribution in [0.4, 0.5) is 0 Å². The van der Waals surface area contributed by atoms with Crippen LogP contribution in [0, 0.1) is 0 Å². The number of rotatable bonds is 22. The molecule has 72 heavy (non-hydrogen) atoms. The van der Waals surface area contributed by atoms with E-state index in [9.17, 15) is 111 Å². The van der Waals surface area contributed by atoms with E-state index in [0.717, 1.165) is 0 Å². The molecule has 5 saturated heterocycles. The van der Waals surface area contributed by atoms with Gasteiger partial charge < -0.3 is 150 Å². The standard InChI is InChI=1S/C37H66NO33P/c1-9-15(47)16(48)21(53)32(63-9)69-30-19(51)17(49)25(12(44)6-40)66-35(30)70-31-20(52)18(50)24(11(43)5-39)65-34(31)68-29-22(54)26(14(46)8-62-72(59,60)61-3-2-38)64-33(23(29)55)67-27-10(42)4-37(58,36(56)57)71-28(27)13(45)7-41/h9-35,39-55,58H,2-8,38H2,1H3,(H,56,57)(H,59,60)/t9-,10-,11+,12-,13-,14+,15+,16+,17+,18+,19+,20+,21-,22-,23+,24-,25-,26-,27-,28-,29+,30+,31+,32-,33-,34+,35-,37-/m1/s1. The van der Waals surface area contributed by atoms with Gasteiger partial charge in [-0.05, 0) is 6.92 Å². The first-order chi connectivity index (χ1) is 33.7. The second kappa shape index (κ2) is 25.7. The molecule has 0 amide bonds. The summed E-state index contributed by atoms with van der Waals surface area (Å²) in [7, 11) is -5.02. The van der Waals surface area contributed by atoms with Crippen LogP contribution in [0.25, 0.3) is 0 Å². The molecule has 5 aliphatic rings. The van der Waals surface area contributed by atoms with Crippen LogP contribution in [0.15, 0.2) is 0 Å². The number of hydrogen-bond acceptors (Lipinski definition) is 32. The molecule has 1 unspecified atom stereocenters. The fraction of sp³-hybridized carbons (Fsp3) is 0.973. The number of phosphoric acid groups is 1. The Labute approximate surface area is 406 Å². The quantitative estimate of drug-likeness (QED) is 0.0448. The number of phosphoric ester groups is 1. The molecule has 0 aliphatic carbocycles. The summed E-state index contributed by atoms with van der Waals surface area (Å²) in [5.41, 5.74) is 5.29. The van der Waals surface area contributed by atoms with Gasteiger partial charge in [0.05, 0.1) is 45.2 Å². The van der Waals surface area contributed by atoms with Gasteiger partial charge in [-0.25, -0.2) is 9.36 Å². The summed E-state index contributed by atoms with van der Waals surface area (Å²) in [5.74, 6) is -5.29. The third-order valence-electron chi connectivity index (χ3n) is 12.4. The summed E-state index contributed by atoms with van der Waals surface area (Å²) in [5, 5.41) is 204. The largest absolute Gasteiger partial charge is 0.477 e. The molecule has 0 radical (unpaired) electrons. The maximum atomic E-state index is 12.5. The maximum Gasteiger partial charge on any atom is 0.472 e. The molecule has 0 aromatic carbocycles. The lowest BCUT2D eigenvalue weighted by molar-refractivity contribution is -0.411. The number of hydrogen-bond donors (Lipinski definition) is 21. The zero-order valence-corrected chi connectivity index (χ0v) is 38.7. The van der Waals surface area contributed by atoms with E-state index in [1.165, 1.54) is 6.92 Å². The monoisotopic (exact) mass is 1080 g/mol. The molecule has 29 atom stereocenters. The zero-order valence-electron chi connectivity index (χ0n) is 37.8. The van der Waals surface area contributed by atoms with Crippen molar-refractivity contribution in [2.24, 2.45) is 5.73 Å². The van der Waals surface area contributed by atoms with E-state index in [1.807, 2.05) is 0 Å². The first-order valence-corrected chi connectivity index (χ1v) is 23.7. The van der Waals surface area contributed by atoms with Crippen molar-refractivity contribution in [1.29, 1.82) is 0 Å². The van der Waals surface area contributed by atoms with Crippen molar-refractivity contribution >= 4 is 13.8 Å². The Morgan fingerprint density at radius 2 is 1.03 bits per heavy atom. The van der Waals surface area contributed by atoms with Crippen LogP contribution in [0.3, 0.4) is 0 Å². The smallest absolute Gasteiger partial charge is 0.472 e. The lowest BCUT2D eigenvalue weighted by Crippen LogP contribution is -2.70. The Morgan fingerprint density at radius 3 is 1.53 bits per heavy atom. The van der Waals surface area contributed by atoms with Gasteiger partial charge in [-0.15, -0.1) is 0 Å². The number of aliphatic hydroxyl groups is 18. The van der Waals surface area contributed by atoms with Crippen LogP contribution in [-0.4, -0.2) is 319 Å². The Morgan fingerprint density at radius 1 is 0.583 bits per heavy atom. The maximum absolute atomic E-state index is 12.5. The van der Waals surface area contributed by atoms with Gasteiger partial charge in [0.15, 0.2) is 25.2 Å². The normalized spacial score (nSPS) is 46.7. The van der Waals surface area contributed by atoms with E-state index in [1.54, 1.807) is 0 Å². The van der Waals surface area contributed by atoms with Crippen LogP contribution >= 0.6 is 7.82 Å². The molecule has 422 valence electrons.